The largest absolute Gasteiger partial charge is 0.450 e. The molecular formula is C9H8F3N3O. The van der Waals surface area contributed by atoms with Crippen LogP contribution < -0.4 is 0 Å². The van der Waals surface area contributed by atoms with Crippen molar-refractivity contribution in [2.24, 2.45) is 0 Å². The van der Waals surface area contributed by atoms with Gasteiger partial charge in [-0.25, -0.2) is 4.98 Å². The number of aliphatic hydroxyl groups excluding tert-OH is 1. The summed E-state index contributed by atoms with van der Waals surface area (Å²) in [7, 11) is 0. The van der Waals surface area contributed by atoms with Crippen molar-refractivity contribution in [3.05, 3.63) is 30.1 Å². The molecule has 0 radical (unpaired) electrons. The van der Waals surface area contributed by atoms with Gasteiger partial charge in [-0.3, -0.25) is 9.38 Å². The number of rotatable bonds is 1. The Bertz CT molecular complexity index is 518. The molecule has 0 aliphatic rings. The first-order valence-electron chi connectivity index (χ1n) is 4.48. The summed E-state index contributed by atoms with van der Waals surface area (Å²) in [5.41, 5.74) is 0.130. The molecule has 2 aromatic heterocycles. The molecule has 16 heavy (non-hydrogen) atoms. The molecule has 2 heterocycles. The standard InChI is InChI=1S/C9H8F3N3O/c1-5(16)7-6-4-13-2-3-15(6)8(14-7)9(10,11)12/h2-5,16H,1H3. The van der Waals surface area contributed by atoms with E-state index in [0.717, 1.165) is 10.6 Å². The van der Waals surface area contributed by atoms with Crippen molar-refractivity contribution in [3.63, 3.8) is 0 Å². The van der Waals surface area contributed by atoms with Crippen LogP contribution in [-0.4, -0.2) is 19.5 Å². The minimum Gasteiger partial charge on any atom is -0.387 e. The number of nitrogens with zero attached hydrogens (tertiary/aromatic N) is 3. The summed E-state index contributed by atoms with van der Waals surface area (Å²) in [6, 6.07) is 0. The van der Waals surface area contributed by atoms with Gasteiger partial charge in [-0.05, 0) is 6.92 Å². The monoisotopic (exact) mass is 231 g/mol. The van der Waals surface area contributed by atoms with Crippen molar-refractivity contribution < 1.29 is 18.3 Å². The average molecular weight is 231 g/mol. The van der Waals surface area contributed by atoms with Gasteiger partial charge in [0.05, 0.1) is 23.5 Å². The van der Waals surface area contributed by atoms with Crippen LogP contribution in [0, 0.1) is 0 Å². The molecule has 2 rings (SSSR count). The van der Waals surface area contributed by atoms with Crippen molar-refractivity contribution in [1.29, 1.82) is 0 Å². The fourth-order valence-electron chi connectivity index (χ4n) is 1.47. The third kappa shape index (κ3) is 1.63. The van der Waals surface area contributed by atoms with Gasteiger partial charge < -0.3 is 5.11 Å². The van der Waals surface area contributed by atoms with Crippen molar-refractivity contribution in [2.45, 2.75) is 19.2 Å². The summed E-state index contributed by atoms with van der Waals surface area (Å²) >= 11 is 0. The second-order valence-corrected chi connectivity index (χ2v) is 3.33. The van der Waals surface area contributed by atoms with E-state index in [4.69, 9.17) is 0 Å². The van der Waals surface area contributed by atoms with Crippen LogP contribution in [0.3, 0.4) is 0 Å². The van der Waals surface area contributed by atoms with Crippen LogP contribution in [-0.2, 0) is 6.18 Å². The predicted octanol–water partition coefficient (Wildman–Crippen LogP) is 1.80. The van der Waals surface area contributed by atoms with Crippen LogP contribution in [0.5, 0.6) is 0 Å². The second kappa shape index (κ2) is 3.44. The number of imidazole rings is 1. The lowest BCUT2D eigenvalue weighted by atomic mass is 10.3. The number of fused-ring (bicyclic) bond motifs is 1. The van der Waals surface area contributed by atoms with Crippen molar-refractivity contribution in [1.82, 2.24) is 14.4 Å². The number of halogens is 3. The summed E-state index contributed by atoms with van der Waals surface area (Å²) in [4.78, 5) is 7.12. The zero-order chi connectivity index (χ0) is 11.9. The molecule has 1 unspecified atom stereocenters. The molecule has 1 N–H and O–H groups in total. The lowest BCUT2D eigenvalue weighted by Crippen LogP contribution is -2.10. The van der Waals surface area contributed by atoms with Gasteiger partial charge in [-0.15, -0.1) is 0 Å². The van der Waals surface area contributed by atoms with Crippen molar-refractivity contribution in [2.75, 3.05) is 0 Å². The quantitative estimate of drug-likeness (QED) is 0.814. The Hall–Kier alpha value is -1.63. The van der Waals surface area contributed by atoms with E-state index in [1.807, 2.05) is 0 Å². The second-order valence-electron chi connectivity index (χ2n) is 3.33. The van der Waals surface area contributed by atoms with E-state index < -0.39 is 18.1 Å². The maximum Gasteiger partial charge on any atom is 0.450 e. The Morgan fingerprint density at radius 2 is 2.12 bits per heavy atom. The molecule has 4 nitrogen and oxygen atoms in total. The molecule has 0 fully saturated rings. The lowest BCUT2D eigenvalue weighted by Gasteiger charge is -2.03. The Morgan fingerprint density at radius 3 is 2.69 bits per heavy atom. The zero-order valence-electron chi connectivity index (χ0n) is 8.23. The molecular weight excluding hydrogens is 223 g/mol. The number of alkyl halides is 3. The van der Waals surface area contributed by atoms with Gasteiger partial charge in [0.1, 0.15) is 0 Å². The minimum atomic E-state index is -4.56. The van der Waals surface area contributed by atoms with E-state index in [0.29, 0.717) is 0 Å². The highest BCUT2D eigenvalue weighted by atomic mass is 19.4. The van der Waals surface area contributed by atoms with Crippen molar-refractivity contribution >= 4 is 5.52 Å². The fourth-order valence-corrected chi connectivity index (χ4v) is 1.47. The van der Waals surface area contributed by atoms with E-state index >= 15 is 0 Å². The molecule has 0 saturated carbocycles. The molecule has 0 saturated heterocycles. The Labute approximate surface area is 88.4 Å². The number of aromatic nitrogens is 3. The third-order valence-electron chi connectivity index (χ3n) is 2.12. The molecule has 7 heteroatoms. The molecule has 1 atom stereocenters. The first-order chi connectivity index (χ1) is 7.41. The van der Waals surface area contributed by atoms with E-state index in [1.165, 1.54) is 19.3 Å². The van der Waals surface area contributed by atoms with Gasteiger partial charge in [0.25, 0.3) is 0 Å². The smallest absolute Gasteiger partial charge is 0.387 e. The van der Waals surface area contributed by atoms with Gasteiger partial charge >= 0.3 is 6.18 Å². The molecule has 2 aromatic rings. The Morgan fingerprint density at radius 1 is 1.44 bits per heavy atom. The van der Waals surface area contributed by atoms with E-state index in [-0.39, 0.29) is 11.2 Å². The van der Waals surface area contributed by atoms with E-state index in [1.54, 1.807) is 0 Å². The summed E-state index contributed by atoms with van der Waals surface area (Å²) in [6.07, 6.45) is -2.00. The Balaban J connectivity index is 2.77. The van der Waals surface area contributed by atoms with Crippen LogP contribution >= 0.6 is 0 Å². The van der Waals surface area contributed by atoms with E-state index in [2.05, 4.69) is 9.97 Å². The SMILES string of the molecule is CC(O)c1nc(C(F)(F)F)n2ccncc12. The van der Waals surface area contributed by atoms with Gasteiger partial charge in [0.2, 0.25) is 5.82 Å². The molecule has 86 valence electrons. The lowest BCUT2D eigenvalue weighted by molar-refractivity contribution is -0.145. The predicted molar refractivity (Wildman–Crippen MR) is 48.6 cm³/mol. The molecule has 0 bridgehead atoms. The maximum atomic E-state index is 12.6. The third-order valence-corrected chi connectivity index (χ3v) is 2.12. The van der Waals surface area contributed by atoms with Gasteiger partial charge in [-0.2, -0.15) is 13.2 Å². The molecule has 0 aliphatic carbocycles. The molecule has 0 amide bonds. The molecule has 0 aliphatic heterocycles. The summed E-state index contributed by atoms with van der Waals surface area (Å²) in [5.74, 6) is -1.05. The minimum absolute atomic E-state index is 0.0274. The Kier molecular flexibility index (Phi) is 2.34. The van der Waals surface area contributed by atoms with Crippen LogP contribution in [0.4, 0.5) is 13.2 Å². The highest BCUT2D eigenvalue weighted by Crippen LogP contribution is 2.31. The van der Waals surface area contributed by atoms with Crippen LogP contribution in [0.15, 0.2) is 18.6 Å². The average Bonchev–Trinajstić information content (AvgIpc) is 2.56. The fraction of sp³-hybridized carbons (Fsp3) is 0.333. The van der Waals surface area contributed by atoms with Crippen LogP contribution in [0.1, 0.15) is 24.5 Å². The highest BCUT2D eigenvalue weighted by molar-refractivity contribution is 5.52. The topological polar surface area (TPSA) is 50.4 Å². The van der Waals surface area contributed by atoms with E-state index in [9.17, 15) is 18.3 Å². The summed E-state index contributed by atoms with van der Waals surface area (Å²) in [6.45, 7) is 1.36. The van der Waals surface area contributed by atoms with Gasteiger partial charge in [0, 0.05) is 12.4 Å². The molecule has 0 aromatic carbocycles. The normalized spacial score (nSPS) is 14.3. The number of hydrogen-bond donors (Lipinski definition) is 1. The van der Waals surface area contributed by atoms with Crippen molar-refractivity contribution in [3.8, 4) is 0 Å². The highest BCUT2D eigenvalue weighted by Gasteiger charge is 2.37. The zero-order valence-corrected chi connectivity index (χ0v) is 8.23. The van der Waals surface area contributed by atoms with Crippen LogP contribution in [0.25, 0.3) is 5.52 Å². The summed E-state index contributed by atoms with van der Waals surface area (Å²) in [5, 5.41) is 9.33. The number of hydrogen-bond acceptors (Lipinski definition) is 3. The van der Waals surface area contributed by atoms with Gasteiger partial charge in [-0.1, -0.05) is 0 Å². The maximum absolute atomic E-state index is 12.6. The molecule has 0 spiro atoms. The van der Waals surface area contributed by atoms with Gasteiger partial charge in [0.15, 0.2) is 0 Å². The first-order valence-corrected chi connectivity index (χ1v) is 4.48. The van der Waals surface area contributed by atoms with Crippen LogP contribution in [0.2, 0.25) is 0 Å². The number of aliphatic hydroxyl groups is 1. The first kappa shape index (κ1) is 10.9. The summed E-state index contributed by atoms with van der Waals surface area (Å²) < 4.78 is 38.7.